The van der Waals surface area contributed by atoms with Crippen LogP contribution in [-0.2, 0) is 0 Å². The third kappa shape index (κ3) is 5.16. The molecular weight excluding hydrogens is 741 g/mol. The van der Waals surface area contributed by atoms with E-state index in [1.165, 1.54) is 84.4 Å². The van der Waals surface area contributed by atoms with Crippen LogP contribution in [0.3, 0.4) is 0 Å². The SMILES string of the molecule is c1ccc(N(c2ccccc2)c2cccc3c2c2ccccc2n3-c2cc(-c3cccc4c3sc3ccccc34)cc(-c3cccc4c3sc3ccccc34)c2)cc1. The fraction of sp³-hybridized carbons (Fsp3) is 0. The molecule has 2 nitrogen and oxygen atoms in total. The molecule has 3 aromatic heterocycles. The van der Waals surface area contributed by atoms with Crippen molar-refractivity contribution in [2.75, 3.05) is 4.90 Å². The monoisotopic (exact) mass is 774 g/mol. The number of hydrogen-bond donors (Lipinski definition) is 0. The summed E-state index contributed by atoms with van der Waals surface area (Å²) in [6.45, 7) is 0. The van der Waals surface area contributed by atoms with Crippen molar-refractivity contribution in [2.45, 2.75) is 0 Å². The first-order chi connectivity index (χ1) is 28.8. The molecule has 0 unspecified atom stereocenters. The van der Waals surface area contributed by atoms with E-state index >= 15 is 0 Å². The van der Waals surface area contributed by atoms with Crippen LogP contribution in [0.1, 0.15) is 0 Å². The maximum atomic E-state index is 2.49. The van der Waals surface area contributed by atoms with Crippen molar-refractivity contribution in [1.82, 2.24) is 4.57 Å². The van der Waals surface area contributed by atoms with Crippen LogP contribution in [0.4, 0.5) is 17.1 Å². The summed E-state index contributed by atoms with van der Waals surface area (Å²) >= 11 is 3.78. The number of nitrogens with zero attached hydrogens (tertiary/aromatic N) is 2. The molecule has 58 heavy (non-hydrogen) atoms. The predicted molar refractivity (Wildman–Crippen MR) is 252 cm³/mol. The molecule has 0 N–H and O–H groups in total. The van der Waals surface area contributed by atoms with Gasteiger partial charge in [-0.1, -0.05) is 133 Å². The van der Waals surface area contributed by atoms with Gasteiger partial charge in [-0.3, -0.25) is 0 Å². The molecule has 12 rings (SSSR count). The molecule has 4 heteroatoms. The molecule has 0 radical (unpaired) electrons. The van der Waals surface area contributed by atoms with Gasteiger partial charge in [0.05, 0.1) is 16.7 Å². The molecule has 0 saturated carbocycles. The van der Waals surface area contributed by atoms with E-state index in [4.69, 9.17) is 0 Å². The van der Waals surface area contributed by atoms with E-state index in [1.807, 2.05) is 22.7 Å². The number of rotatable bonds is 6. The average molecular weight is 775 g/mol. The summed E-state index contributed by atoms with van der Waals surface area (Å²) in [4.78, 5) is 2.39. The lowest BCUT2D eigenvalue weighted by Crippen LogP contribution is -2.10. The minimum atomic E-state index is 1.12. The van der Waals surface area contributed by atoms with E-state index in [2.05, 4.69) is 216 Å². The van der Waals surface area contributed by atoms with E-state index in [0.717, 1.165) is 22.7 Å². The fourth-order valence-corrected chi connectivity index (χ4v) is 11.5. The molecule has 0 amide bonds. The van der Waals surface area contributed by atoms with Crippen LogP contribution in [0.2, 0.25) is 0 Å². The summed E-state index contributed by atoms with van der Waals surface area (Å²) in [6, 6.07) is 75.6. The first-order valence-electron chi connectivity index (χ1n) is 19.7. The molecule has 12 aromatic rings. The zero-order chi connectivity index (χ0) is 38.2. The highest BCUT2D eigenvalue weighted by molar-refractivity contribution is 7.26. The molecule has 0 saturated heterocycles. The second-order valence-corrected chi connectivity index (χ2v) is 17.0. The summed E-state index contributed by atoms with van der Waals surface area (Å²) < 4.78 is 7.75. The molecule has 0 bridgehead atoms. The van der Waals surface area contributed by atoms with Gasteiger partial charge in [-0.2, -0.15) is 0 Å². The highest BCUT2D eigenvalue weighted by atomic mass is 32.1. The Bertz CT molecular complexity index is 3350. The summed E-state index contributed by atoms with van der Waals surface area (Å²) in [6.07, 6.45) is 0. The number of hydrogen-bond acceptors (Lipinski definition) is 3. The average Bonchev–Trinajstić information content (AvgIpc) is 3.97. The van der Waals surface area contributed by atoms with Crippen LogP contribution in [0.15, 0.2) is 206 Å². The van der Waals surface area contributed by atoms with E-state index in [-0.39, 0.29) is 0 Å². The van der Waals surface area contributed by atoms with Crippen molar-refractivity contribution in [3.63, 3.8) is 0 Å². The van der Waals surface area contributed by atoms with Crippen LogP contribution in [0.5, 0.6) is 0 Å². The fourth-order valence-electron chi connectivity index (χ4n) is 9.05. The Morgan fingerprint density at radius 1 is 0.362 bits per heavy atom. The molecule has 0 aliphatic heterocycles. The Labute approximate surface area is 343 Å². The van der Waals surface area contributed by atoms with Crippen molar-refractivity contribution in [1.29, 1.82) is 0 Å². The third-order valence-corrected chi connectivity index (χ3v) is 14.0. The van der Waals surface area contributed by atoms with Crippen LogP contribution >= 0.6 is 22.7 Å². The molecule has 9 aromatic carbocycles. The standard InChI is InChI=1S/C54H34N2S2/c1-3-16-37(17-4-1)55(38-18-5-2-6-19-38)48-28-15-29-49-52(48)46-22-7-10-27-47(46)56(49)39-33-35(40-23-13-25-44-42-20-8-11-30-50(42)57-53(40)44)32-36(34-39)41-24-14-26-45-43-21-9-12-31-51(43)58-54(41)45/h1-34H. The zero-order valence-electron chi connectivity index (χ0n) is 31.3. The Kier molecular flexibility index (Phi) is 7.62. The van der Waals surface area contributed by atoms with Crippen molar-refractivity contribution < 1.29 is 0 Å². The topological polar surface area (TPSA) is 8.17 Å². The molecule has 0 atom stereocenters. The summed E-state index contributed by atoms with van der Waals surface area (Å²) in [5, 5.41) is 7.67. The Balaban J connectivity index is 1.17. The number of thiophene rings is 2. The third-order valence-electron chi connectivity index (χ3n) is 11.6. The largest absolute Gasteiger partial charge is 0.310 e. The van der Waals surface area contributed by atoms with Gasteiger partial charge in [-0.05, 0) is 95.1 Å². The number of anilines is 3. The van der Waals surface area contributed by atoms with E-state index in [1.54, 1.807) is 0 Å². The van der Waals surface area contributed by atoms with Crippen LogP contribution in [0, 0.1) is 0 Å². The lowest BCUT2D eigenvalue weighted by molar-refractivity contribution is 1.18. The van der Waals surface area contributed by atoms with Crippen LogP contribution in [-0.4, -0.2) is 4.57 Å². The summed E-state index contributed by atoms with van der Waals surface area (Å²) in [7, 11) is 0. The van der Waals surface area contributed by atoms with Gasteiger partial charge in [-0.15, -0.1) is 22.7 Å². The summed E-state index contributed by atoms with van der Waals surface area (Å²) in [5.74, 6) is 0. The number of fused-ring (bicyclic) bond motifs is 9. The van der Waals surface area contributed by atoms with Crippen LogP contribution in [0.25, 0.3) is 90.1 Å². The molecular formula is C54H34N2S2. The molecule has 0 aliphatic rings. The molecule has 3 heterocycles. The molecule has 272 valence electrons. The second kappa shape index (κ2) is 13.3. The summed E-state index contributed by atoms with van der Waals surface area (Å²) in [5.41, 5.74) is 11.8. The first kappa shape index (κ1) is 33.2. The lowest BCUT2D eigenvalue weighted by Gasteiger charge is -2.26. The normalized spacial score (nSPS) is 11.8. The molecule has 0 fully saturated rings. The highest BCUT2D eigenvalue weighted by Gasteiger charge is 2.22. The maximum Gasteiger partial charge on any atom is 0.0562 e. The Morgan fingerprint density at radius 2 is 0.828 bits per heavy atom. The smallest absolute Gasteiger partial charge is 0.0562 e. The second-order valence-electron chi connectivity index (χ2n) is 14.9. The van der Waals surface area contributed by atoms with Crippen LogP contribution < -0.4 is 4.90 Å². The minimum absolute atomic E-state index is 1.12. The lowest BCUT2D eigenvalue weighted by atomic mass is 9.96. The zero-order valence-corrected chi connectivity index (χ0v) is 33.0. The quantitative estimate of drug-likeness (QED) is 0.163. The molecule has 0 aliphatic carbocycles. The number of benzene rings is 9. The van der Waals surface area contributed by atoms with Gasteiger partial charge in [-0.25, -0.2) is 0 Å². The van der Waals surface area contributed by atoms with Gasteiger partial charge < -0.3 is 9.47 Å². The van der Waals surface area contributed by atoms with Crippen molar-refractivity contribution in [3.05, 3.63) is 206 Å². The Hall–Kier alpha value is -6.98. The van der Waals surface area contributed by atoms with Gasteiger partial charge in [0.25, 0.3) is 0 Å². The van der Waals surface area contributed by atoms with E-state index < -0.39 is 0 Å². The van der Waals surface area contributed by atoms with Gasteiger partial charge in [0.15, 0.2) is 0 Å². The van der Waals surface area contributed by atoms with Crippen molar-refractivity contribution in [2.24, 2.45) is 0 Å². The van der Waals surface area contributed by atoms with E-state index in [9.17, 15) is 0 Å². The molecule has 0 spiro atoms. The van der Waals surface area contributed by atoms with Gasteiger partial charge >= 0.3 is 0 Å². The maximum absolute atomic E-state index is 2.49. The first-order valence-corrected chi connectivity index (χ1v) is 21.3. The van der Waals surface area contributed by atoms with Gasteiger partial charge in [0, 0.05) is 68.2 Å². The van der Waals surface area contributed by atoms with Gasteiger partial charge in [0.1, 0.15) is 0 Å². The van der Waals surface area contributed by atoms with E-state index in [0.29, 0.717) is 0 Å². The van der Waals surface area contributed by atoms with Gasteiger partial charge in [0.2, 0.25) is 0 Å². The highest BCUT2D eigenvalue weighted by Crippen LogP contribution is 2.47. The number of aromatic nitrogens is 1. The van der Waals surface area contributed by atoms with Crippen molar-refractivity contribution in [3.8, 4) is 27.9 Å². The van der Waals surface area contributed by atoms with Crippen molar-refractivity contribution >= 4 is 102 Å². The minimum Gasteiger partial charge on any atom is -0.310 e. The predicted octanol–water partition coefficient (Wildman–Crippen LogP) is 16.3. The number of para-hydroxylation sites is 3. The Morgan fingerprint density at radius 3 is 1.41 bits per heavy atom.